The van der Waals surface area contributed by atoms with Crippen LogP contribution >= 0.6 is 0 Å². The van der Waals surface area contributed by atoms with Crippen molar-refractivity contribution >= 4 is 15.9 Å². The Labute approximate surface area is 81.0 Å². The second kappa shape index (κ2) is 3.39. The van der Waals surface area contributed by atoms with Gasteiger partial charge in [0.05, 0.1) is 6.20 Å². The van der Waals surface area contributed by atoms with Crippen molar-refractivity contribution in [2.45, 2.75) is 5.16 Å². The number of nitrogens with zero attached hydrogens (tertiary/aromatic N) is 2. The van der Waals surface area contributed by atoms with E-state index < -0.39 is 15.9 Å². The van der Waals surface area contributed by atoms with E-state index >= 15 is 0 Å². The van der Waals surface area contributed by atoms with Gasteiger partial charge in [0, 0.05) is 14.1 Å². The number of amides is 1. The topological polar surface area (TPSA) is 109 Å². The molecular weight excluding hydrogens is 208 g/mol. The molecule has 0 aliphatic heterocycles. The average molecular weight is 218 g/mol. The summed E-state index contributed by atoms with van der Waals surface area (Å²) in [5.41, 5.74) is 4.89. The third kappa shape index (κ3) is 1.75. The van der Waals surface area contributed by atoms with E-state index in [1.807, 2.05) is 0 Å². The zero-order valence-corrected chi connectivity index (χ0v) is 8.50. The minimum atomic E-state index is -3.63. The van der Waals surface area contributed by atoms with Gasteiger partial charge in [-0.15, -0.1) is 0 Å². The largest absolute Gasteiger partial charge is 0.364 e. The Bertz CT molecular complexity index is 447. The van der Waals surface area contributed by atoms with Gasteiger partial charge in [0.1, 0.15) is 5.69 Å². The lowest BCUT2D eigenvalue weighted by molar-refractivity contribution is 0.0996. The summed E-state index contributed by atoms with van der Waals surface area (Å²) < 4.78 is 23.9. The minimum absolute atomic E-state index is 0.0366. The average Bonchev–Trinajstić information content (AvgIpc) is 2.51. The summed E-state index contributed by atoms with van der Waals surface area (Å²) in [6.07, 6.45) is 1.08. The highest BCUT2D eigenvalue weighted by molar-refractivity contribution is 7.88. The first-order valence-corrected chi connectivity index (χ1v) is 5.07. The fourth-order valence-electron chi connectivity index (χ4n) is 0.732. The van der Waals surface area contributed by atoms with Crippen LogP contribution in [0.15, 0.2) is 11.4 Å². The van der Waals surface area contributed by atoms with Crippen molar-refractivity contribution in [2.75, 3.05) is 14.1 Å². The van der Waals surface area contributed by atoms with Gasteiger partial charge in [-0.3, -0.25) is 4.79 Å². The van der Waals surface area contributed by atoms with Gasteiger partial charge in [-0.05, 0) is 0 Å². The van der Waals surface area contributed by atoms with Gasteiger partial charge >= 0.3 is 0 Å². The molecule has 0 spiro atoms. The van der Waals surface area contributed by atoms with Crippen LogP contribution in [0.4, 0.5) is 0 Å². The fraction of sp³-hybridized carbons (Fsp3) is 0.333. The van der Waals surface area contributed by atoms with Crippen LogP contribution in [0.5, 0.6) is 0 Å². The third-order valence-electron chi connectivity index (χ3n) is 1.54. The van der Waals surface area contributed by atoms with Gasteiger partial charge in [-0.2, -0.15) is 0 Å². The van der Waals surface area contributed by atoms with E-state index in [1.54, 1.807) is 0 Å². The van der Waals surface area contributed by atoms with E-state index in [2.05, 4.69) is 9.97 Å². The van der Waals surface area contributed by atoms with Crippen molar-refractivity contribution in [3.05, 3.63) is 11.9 Å². The number of carbonyl (C=O) groups is 1. The predicted molar refractivity (Wildman–Crippen MR) is 48.0 cm³/mol. The van der Waals surface area contributed by atoms with Gasteiger partial charge in [-0.25, -0.2) is 17.7 Å². The van der Waals surface area contributed by atoms with Crippen LogP contribution in [0.2, 0.25) is 0 Å². The number of hydrogen-bond acceptors (Lipinski definition) is 4. The predicted octanol–water partition coefficient (Wildman–Crippen LogP) is -1.24. The maximum atomic E-state index is 11.4. The van der Waals surface area contributed by atoms with E-state index in [9.17, 15) is 13.2 Å². The van der Waals surface area contributed by atoms with Crippen molar-refractivity contribution < 1.29 is 13.2 Å². The molecule has 0 saturated carbocycles. The molecule has 0 saturated heterocycles. The van der Waals surface area contributed by atoms with Gasteiger partial charge in [-0.1, -0.05) is 0 Å². The van der Waals surface area contributed by atoms with Gasteiger partial charge in [0.2, 0.25) is 5.16 Å². The molecule has 7 nitrogen and oxygen atoms in total. The second-order valence-corrected chi connectivity index (χ2v) is 4.82. The van der Waals surface area contributed by atoms with Crippen LogP contribution in [0.25, 0.3) is 0 Å². The van der Waals surface area contributed by atoms with Crippen LogP contribution < -0.4 is 5.73 Å². The van der Waals surface area contributed by atoms with Gasteiger partial charge in [0.15, 0.2) is 0 Å². The van der Waals surface area contributed by atoms with Crippen LogP contribution in [0.3, 0.4) is 0 Å². The quantitative estimate of drug-likeness (QED) is 0.661. The smallest absolute Gasteiger partial charge is 0.276 e. The Morgan fingerprint density at radius 3 is 2.50 bits per heavy atom. The second-order valence-electron chi connectivity index (χ2n) is 2.75. The molecule has 1 aromatic heterocycles. The van der Waals surface area contributed by atoms with Gasteiger partial charge in [0.25, 0.3) is 15.9 Å². The van der Waals surface area contributed by atoms with E-state index in [0.717, 1.165) is 10.5 Å². The first-order chi connectivity index (χ1) is 6.35. The van der Waals surface area contributed by atoms with E-state index in [4.69, 9.17) is 5.73 Å². The maximum Gasteiger partial charge on any atom is 0.276 e. The number of primary amides is 1. The number of rotatable bonds is 3. The summed E-state index contributed by atoms with van der Waals surface area (Å²) >= 11 is 0. The monoisotopic (exact) mass is 218 g/mol. The first-order valence-electron chi connectivity index (χ1n) is 3.63. The molecule has 0 aromatic carbocycles. The van der Waals surface area contributed by atoms with E-state index in [0.29, 0.717) is 0 Å². The first kappa shape index (κ1) is 10.7. The number of carbonyl (C=O) groups excluding carboxylic acids is 1. The molecule has 0 radical (unpaired) electrons. The number of aromatic amines is 1. The van der Waals surface area contributed by atoms with Crippen molar-refractivity contribution in [2.24, 2.45) is 5.73 Å². The summed E-state index contributed by atoms with van der Waals surface area (Å²) in [5.74, 6) is -0.752. The number of H-pyrrole nitrogens is 1. The van der Waals surface area contributed by atoms with Crippen LogP contribution in [0, 0.1) is 0 Å². The highest BCUT2D eigenvalue weighted by Crippen LogP contribution is 2.07. The summed E-state index contributed by atoms with van der Waals surface area (Å²) in [6, 6.07) is 0. The molecule has 1 heterocycles. The lowest BCUT2D eigenvalue weighted by Gasteiger charge is -2.07. The number of aromatic nitrogens is 2. The molecule has 1 rings (SSSR count). The molecule has 0 aliphatic rings. The van der Waals surface area contributed by atoms with Crippen LogP contribution in [0.1, 0.15) is 10.5 Å². The number of nitrogens with one attached hydrogen (secondary N) is 1. The zero-order chi connectivity index (χ0) is 10.9. The molecule has 0 bridgehead atoms. The highest BCUT2D eigenvalue weighted by atomic mass is 32.2. The SMILES string of the molecule is CN(C)S(=O)(=O)c1ncc(C(N)=O)[nH]1. The van der Waals surface area contributed by atoms with Crippen molar-refractivity contribution in [1.82, 2.24) is 14.3 Å². The normalized spacial score (nSPS) is 11.9. The molecule has 0 fully saturated rings. The highest BCUT2D eigenvalue weighted by Gasteiger charge is 2.21. The van der Waals surface area contributed by atoms with Crippen LogP contribution in [-0.4, -0.2) is 42.7 Å². The van der Waals surface area contributed by atoms with Gasteiger partial charge < -0.3 is 10.7 Å². The Balaban J connectivity index is 3.16. The molecule has 1 aromatic rings. The molecule has 8 heteroatoms. The molecule has 78 valence electrons. The Morgan fingerprint density at radius 2 is 2.14 bits per heavy atom. The lowest BCUT2D eigenvalue weighted by atomic mass is 10.5. The van der Waals surface area contributed by atoms with E-state index in [1.165, 1.54) is 14.1 Å². The third-order valence-corrected chi connectivity index (χ3v) is 3.20. The number of sulfonamides is 1. The van der Waals surface area contributed by atoms with E-state index in [-0.39, 0.29) is 10.9 Å². The molecule has 14 heavy (non-hydrogen) atoms. The minimum Gasteiger partial charge on any atom is -0.364 e. The van der Waals surface area contributed by atoms with Crippen molar-refractivity contribution in [1.29, 1.82) is 0 Å². The molecule has 0 unspecified atom stereocenters. The maximum absolute atomic E-state index is 11.4. The van der Waals surface area contributed by atoms with Crippen molar-refractivity contribution in [3.8, 4) is 0 Å². The van der Waals surface area contributed by atoms with Crippen LogP contribution in [-0.2, 0) is 10.0 Å². The standard InChI is InChI=1S/C6H10N4O3S/c1-10(2)14(12,13)6-8-3-4(9-6)5(7)11/h3H,1-2H3,(H2,7,11)(H,8,9). The molecule has 3 N–H and O–H groups in total. The summed E-state index contributed by atoms with van der Waals surface area (Å²) in [6.45, 7) is 0. The lowest BCUT2D eigenvalue weighted by Crippen LogP contribution is -2.23. The zero-order valence-electron chi connectivity index (χ0n) is 7.68. The summed E-state index contributed by atoms with van der Waals surface area (Å²) in [7, 11) is -0.905. The molecule has 0 atom stereocenters. The Kier molecular flexibility index (Phi) is 2.58. The summed E-state index contributed by atoms with van der Waals surface area (Å²) in [4.78, 5) is 16.5. The fourth-order valence-corrected chi connectivity index (χ4v) is 1.50. The number of nitrogens with two attached hydrogens (primary N) is 1. The van der Waals surface area contributed by atoms with Crippen molar-refractivity contribution in [3.63, 3.8) is 0 Å². The number of imidazole rings is 1. The Morgan fingerprint density at radius 1 is 1.57 bits per heavy atom. The molecular formula is C6H10N4O3S. The molecule has 0 aliphatic carbocycles. The number of hydrogen-bond donors (Lipinski definition) is 2. The molecule has 1 amide bonds. The Hall–Kier alpha value is -1.41. The summed E-state index contributed by atoms with van der Waals surface area (Å²) in [5, 5.41) is -0.295.